The van der Waals surface area contributed by atoms with E-state index in [1.165, 1.54) is 0 Å². The summed E-state index contributed by atoms with van der Waals surface area (Å²) in [6.07, 6.45) is 0. The van der Waals surface area contributed by atoms with Crippen LogP contribution in [0.15, 0.2) is 48.5 Å². The number of imidazole rings is 1. The first kappa shape index (κ1) is 19.8. The fraction of sp³-hybridized carbons (Fsp3) is 0.333. The SMILES string of the molecule is CC(C)(C)c1ccc(OCC(=O)OCc2nc3ccccc3n2C(F)F)cc1. The summed E-state index contributed by atoms with van der Waals surface area (Å²) in [7, 11) is 0. The summed E-state index contributed by atoms with van der Waals surface area (Å²) in [5, 5.41) is 0. The minimum Gasteiger partial charge on any atom is -0.482 e. The highest BCUT2D eigenvalue weighted by molar-refractivity contribution is 5.76. The second kappa shape index (κ2) is 7.96. The Morgan fingerprint density at radius 1 is 1.11 bits per heavy atom. The molecule has 3 rings (SSSR count). The van der Waals surface area contributed by atoms with Crippen LogP contribution in [0.5, 0.6) is 5.75 Å². The third-order valence-corrected chi connectivity index (χ3v) is 4.30. The number of fused-ring (bicyclic) bond motifs is 1. The Kier molecular flexibility index (Phi) is 5.63. The van der Waals surface area contributed by atoms with Gasteiger partial charge in [-0.1, -0.05) is 45.0 Å². The van der Waals surface area contributed by atoms with Crippen LogP contribution in [0.25, 0.3) is 11.0 Å². The molecule has 0 bridgehead atoms. The topological polar surface area (TPSA) is 53.4 Å². The van der Waals surface area contributed by atoms with Gasteiger partial charge in [-0.05, 0) is 35.2 Å². The van der Waals surface area contributed by atoms with Crippen LogP contribution in [0.3, 0.4) is 0 Å². The van der Waals surface area contributed by atoms with Gasteiger partial charge in [0.2, 0.25) is 0 Å². The van der Waals surface area contributed by atoms with E-state index in [9.17, 15) is 13.6 Å². The van der Waals surface area contributed by atoms with Crippen LogP contribution >= 0.6 is 0 Å². The number of aromatic nitrogens is 2. The van der Waals surface area contributed by atoms with E-state index in [-0.39, 0.29) is 24.5 Å². The van der Waals surface area contributed by atoms with Gasteiger partial charge >= 0.3 is 12.5 Å². The van der Waals surface area contributed by atoms with Crippen LogP contribution < -0.4 is 4.74 Å². The molecule has 0 unspecified atom stereocenters. The van der Waals surface area contributed by atoms with Crippen molar-refractivity contribution in [3.8, 4) is 5.75 Å². The van der Waals surface area contributed by atoms with Crippen LogP contribution in [0, 0.1) is 0 Å². The average molecular weight is 388 g/mol. The maximum absolute atomic E-state index is 13.4. The molecule has 0 fully saturated rings. The molecule has 0 atom stereocenters. The van der Waals surface area contributed by atoms with Gasteiger partial charge in [0.15, 0.2) is 12.4 Å². The summed E-state index contributed by atoms with van der Waals surface area (Å²) in [5.74, 6) is -0.142. The summed E-state index contributed by atoms with van der Waals surface area (Å²) in [5.41, 5.74) is 1.88. The molecule has 0 N–H and O–H groups in total. The van der Waals surface area contributed by atoms with Gasteiger partial charge < -0.3 is 9.47 Å². The van der Waals surface area contributed by atoms with E-state index in [1.807, 2.05) is 12.1 Å². The summed E-state index contributed by atoms with van der Waals surface area (Å²) >= 11 is 0. The summed E-state index contributed by atoms with van der Waals surface area (Å²) in [4.78, 5) is 16.1. The Morgan fingerprint density at radius 3 is 2.43 bits per heavy atom. The molecule has 0 aliphatic carbocycles. The van der Waals surface area contributed by atoms with Gasteiger partial charge in [-0.15, -0.1) is 0 Å². The molecular formula is C21H22F2N2O3. The third kappa shape index (κ3) is 4.47. The molecule has 7 heteroatoms. The largest absolute Gasteiger partial charge is 0.482 e. The van der Waals surface area contributed by atoms with Crippen molar-refractivity contribution in [2.75, 3.05) is 6.61 Å². The Hall–Kier alpha value is -2.96. The number of rotatable bonds is 6. The minimum absolute atomic E-state index is 0.0147. The van der Waals surface area contributed by atoms with Gasteiger partial charge in [-0.25, -0.2) is 9.78 Å². The van der Waals surface area contributed by atoms with Gasteiger partial charge in [0.05, 0.1) is 11.0 Å². The number of ether oxygens (including phenoxy) is 2. The quantitative estimate of drug-likeness (QED) is 0.567. The van der Waals surface area contributed by atoms with Crippen molar-refractivity contribution in [1.82, 2.24) is 9.55 Å². The standard InChI is InChI=1S/C21H22F2N2O3/c1-21(2,3)14-8-10-15(11-9-14)27-13-19(26)28-12-18-24-16-6-4-5-7-17(16)25(18)20(22)23/h4-11,20H,12-13H2,1-3H3. The highest BCUT2D eigenvalue weighted by atomic mass is 19.3. The first-order valence-electron chi connectivity index (χ1n) is 8.88. The summed E-state index contributed by atoms with van der Waals surface area (Å²) in [6, 6.07) is 14.0. The molecule has 0 amide bonds. The van der Waals surface area contributed by atoms with Crippen LogP contribution in [0.2, 0.25) is 0 Å². The zero-order chi connectivity index (χ0) is 20.3. The van der Waals surface area contributed by atoms with E-state index in [2.05, 4.69) is 25.8 Å². The molecule has 1 heterocycles. The Balaban J connectivity index is 1.59. The maximum Gasteiger partial charge on any atom is 0.344 e. The number of halogens is 2. The summed E-state index contributed by atoms with van der Waals surface area (Å²) < 4.78 is 38.0. The van der Waals surface area contributed by atoms with Crippen molar-refractivity contribution in [3.63, 3.8) is 0 Å². The zero-order valence-corrected chi connectivity index (χ0v) is 16.0. The van der Waals surface area contributed by atoms with Crippen molar-refractivity contribution in [3.05, 3.63) is 59.9 Å². The van der Waals surface area contributed by atoms with Gasteiger partial charge in [0, 0.05) is 0 Å². The van der Waals surface area contributed by atoms with Crippen LogP contribution in [-0.4, -0.2) is 22.1 Å². The molecule has 1 aromatic heterocycles. The van der Waals surface area contributed by atoms with Gasteiger partial charge in [-0.2, -0.15) is 8.78 Å². The molecule has 28 heavy (non-hydrogen) atoms. The Labute approximate surface area is 161 Å². The van der Waals surface area contributed by atoms with Crippen LogP contribution in [-0.2, 0) is 21.6 Å². The van der Waals surface area contributed by atoms with Crippen LogP contribution in [0.1, 0.15) is 38.7 Å². The summed E-state index contributed by atoms with van der Waals surface area (Å²) in [6.45, 7) is 2.86. The molecule has 2 aromatic carbocycles. The maximum atomic E-state index is 13.4. The van der Waals surface area contributed by atoms with Gasteiger partial charge in [0.1, 0.15) is 12.4 Å². The van der Waals surface area contributed by atoms with Gasteiger partial charge in [-0.3, -0.25) is 4.57 Å². The van der Waals surface area contributed by atoms with Crippen molar-refractivity contribution in [1.29, 1.82) is 0 Å². The van der Waals surface area contributed by atoms with E-state index >= 15 is 0 Å². The van der Waals surface area contributed by atoms with E-state index in [0.717, 1.165) is 10.1 Å². The second-order valence-corrected chi connectivity index (χ2v) is 7.39. The van der Waals surface area contributed by atoms with E-state index in [1.54, 1.807) is 36.4 Å². The molecule has 0 aliphatic rings. The Morgan fingerprint density at radius 2 is 1.79 bits per heavy atom. The van der Waals surface area contributed by atoms with Crippen molar-refractivity contribution < 1.29 is 23.0 Å². The highest BCUT2D eigenvalue weighted by Crippen LogP contribution is 2.25. The number of hydrogen-bond acceptors (Lipinski definition) is 4. The number of nitrogens with zero attached hydrogens (tertiary/aromatic N) is 2. The normalized spacial score (nSPS) is 11.8. The molecule has 0 saturated carbocycles. The molecule has 5 nitrogen and oxygen atoms in total. The Bertz CT molecular complexity index is 960. The molecule has 3 aromatic rings. The first-order chi connectivity index (χ1) is 13.3. The zero-order valence-electron chi connectivity index (χ0n) is 16.0. The molecule has 0 radical (unpaired) electrons. The monoisotopic (exact) mass is 388 g/mol. The third-order valence-electron chi connectivity index (χ3n) is 4.30. The highest BCUT2D eigenvalue weighted by Gasteiger charge is 2.19. The van der Waals surface area contributed by atoms with E-state index in [0.29, 0.717) is 16.8 Å². The fourth-order valence-corrected chi connectivity index (χ4v) is 2.79. The number of benzene rings is 2. The minimum atomic E-state index is -2.78. The fourth-order valence-electron chi connectivity index (χ4n) is 2.79. The molecule has 0 aliphatic heterocycles. The van der Waals surface area contributed by atoms with E-state index in [4.69, 9.17) is 9.47 Å². The van der Waals surface area contributed by atoms with Gasteiger partial charge in [0.25, 0.3) is 0 Å². The lowest BCUT2D eigenvalue weighted by Crippen LogP contribution is -2.17. The number of hydrogen-bond donors (Lipinski definition) is 0. The lowest BCUT2D eigenvalue weighted by molar-refractivity contribution is -0.147. The number of carbonyl (C=O) groups is 1. The molecule has 148 valence electrons. The molecular weight excluding hydrogens is 366 g/mol. The second-order valence-electron chi connectivity index (χ2n) is 7.39. The lowest BCUT2D eigenvalue weighted by atomic mass is 9.87. The molecule has 0 saturated heterocycles. The smallest absolute Gasteiger partial charge is 0.344 e. The molecule has 0 spiro atoms. The lowest BCUT2D eigenvalue weighted by Gasteiger charge is -2.19. The van der Waals surface area contributed by atoms with Crippen molar-refractivity contribution in [2.24, 2.45) is 0 Å². The predicted molar refractivity (Wildman–Crippen MR) is 101 cm³/mol. The number of carbonyl (C=O) groups excluding carboxylic acids is 1. The number of alkyl halides is 2. The average Bonchev–Trinajstić information content (AvgIpc) is 3.03. The first-order valence-corrected chi connectivity index (χ1v) is 8.88. The predicted octanol–water partition coefficient (Wildman–Crippen LogP) is 4.85. The van der Waals surface area contributed by atoms with Crippen LogP contribution in [0.4, 0.5) is 8.78 Å². The van der Waals surface area contributed by atoms with Crippen molar-refractivity contribution >= 4 is 17.0 Å². The number of esters is 1. The van der Waals surface area contributed by atoms with E-state index < -0.39 is 12.5 Å². The number of para-hydroxylation sites is 2. The van der Waals surface area contributed by atoms with Crippen molar-refractivity contribution in [2.45, 2.75) is 39.3 Å².